The van der Waals surface area contributed by atoms with Crippen LogP contribution in [0.5, 0.6) is 11.5 Å². The number of methoxy groups -OCH3 is 2. The molecule has 2 aromatic rings. The van der Waals surface area contributed by atoms with E-state index < -0.39 is 0 Å². The van der Waals surface area contributed by atoms with Gasteiger partial charge in [-0.25, -0.2) is 0 Å². The first-order valence-corrected chi connectivity index (χ1v) is 6.88. The van der Waals surface area contributed by atoms with E-state index in [9.17, 15) is 0 Å². The molecule has 0 spiro atoms. The third-order valence-electron chi connectivity index (χ3n) is 3.00. The van der Waals surface area contributed by atoms with Gasteiger partial charge in [0.05, 0.1) is 31.0 Å². The number of nitriles is 2. The second-order valence-electron chi connectivity index (χ2n) is 4.35. The molecule has 0 N–H and O–H groups in total. The van der Waals surface area contributed by atoms with Gasteiger partial charge in [-0.15, -0.1) is 17.7 Å². The van der Waals surface area contributed by atoms with E-state index in [1.165, 1.54) is 26.4 Å². The highest BCUT2D eigenvalue weighted by Gasteiger charge is 2.09. The highest BCUT2D eigenvalue weighted by atomic mass is 32.1. The predicted molar refractivity (Wildman–Crippen MR) is 86.8 cm³/mol. The van der Waals surface area contributed by atoms with Gasteiger partial charge in [0.25, 0.3) is 0 Å². The summed E-state index contributed by atoms with van der Waals surface area (Å²) in [6.07, 6.45) is 0. The maximum absolute atomic E-state index is 9.01. The monoisotopic (exact) mass is 324 g/mol. The summed E-state index contributed by atoms with van der Waals surface area (Å²) < 4.78 is 10.4. The number of ether oxygens (including phenoxy) is 2. The van der Waals surface area contributed by atoms with Crippen LogP contribution in [0.3, 0.4) is 0 Å². The second kappa shape index (κ2) is 7.30. The zero-order valence-electron chi connectivity index (χ0n) is 12.4. The van der Waals surface area contributed by atoms with Gasteiger partial charge in [0.2, 0.25) is 0 Å². The number of hydrogen-bond acceptors (Lipinski definition) is 7. The van der Waals surface area contributed by atoms with Crippen LogP contribution < -0.4 is 9.47 Å². The standard InChI is InChI=1S/C16H12N4O2S/c1-21-14-6-13(16(23)7-15(14)22-2)20-19-12-4-3-10(8-17)11(5-12)9-18/h3-7,23H,1-2H3. The number of azo groups is 1. The molecular formula is C16H12N4O2S. The predicted octanol–water partition coefficient (Wildman–Crippen LogP) is 4.15. The first-order chi connectivity index (χ1) is 11.1. The fraction of sp³-hybridized carbons (Fsp3) is 0.125. The van der Waals surface area contributed by atoms with Crippen LogP contribution in [0.2, 0.25) is 0 Å². The molecule has 0 aliphatic carbocycles. The van der Waals surface area contributed by atoms with Crippen molar-refractivity contribution >= 4 is 24.0 Å². The first kappa shape index (κ1) is 16.3. The summed E-state index contributed by atoms with van der Waals surface area (Å²) in [5.74, 6) is 1.05. The van der Waals surface area contributed by atoms with Crippen molar-refractivity contribution in [3.8, 4) is 23.6 Å². The van der Waals surface area contributed by atoms with Gasteiger partial charge in [0.15, 0.2) is 11.5 Å². The summed E-state index contributed by atoms with van der Waals surface area (Å²) in [5, 5.41) is 26.1. The quantitative estimate of drug-likeness (QED) is 0.675. The number of thiol groups is 1. The van der Waals surface area contributed by atoms with Gasteiger partial charge in [-0.3, -0.25) is 0 Å². The Balaban J connectivity index is 2.38. The SMILES string of the molecule is COc1cc(S)c(N=Nc2ccc(C#N)c(C#N)c2)cc1OC. The maximum atomic E-state index is 9.01. The lowest BCUT2D eigenvalue weighted by molar-refractivity contribution is 0.354. The lowest BCUT2D eigenvalue weighted by atomic mass is 10.1. The Bertz CT molecular complexity index is 850. The minimum Gasteiger partial charge on any atom is -0.493 e. The fourth-order valence-corrected chi connectivity index (χ4v) is 2.06. The molecule has 0 atom stereocenters. The Labute approximate surface area is 139 Å². The van der Waals surface area contributed by atoms with E-state index in [4.69, 9.17) is 20.0 Å². The van der Waals surface area contributed by atoms with E-state index in [-0.39, 0.29) is 5.56 Å². The van der Waals surface area contributed by atoms with Gasteiger partial charge in [0.1, 0.15) is 17.8 Å². The third-order valence-corrected chi connectivity index (χ3v) is 3.36. The lowest BCUT2D eigenvalue weighted by Crippen LogP contribution is -1.90. The number of benzene rings is 2. The van der Waals surface area contributed by atoms with Crippen LogP contribution in [-0.4, -0.2) is 14.2 Å². The van der Waals surface area contributed by atoms with Gasteiger partial charge in [-0.1, -0.05) is 0 Å². The van der Waals surface area contributed by atoms with E-state index >= 15 is 0 Å². The van der Waals surface area contributed by atoms with Crippen molar-refractivity contribution in [1.82, 2.24) is 0 Å². The number of rotatable bonds is 4. The Kier molecular flexibility index (Phi) is 5.19. The van der Waals surface area contributed by atoms with Crippen molar-refractivity contribution in [2.24, 2.45) is 10.2 Å². The lowest BCUT2D eigenvalue weighted by Gasteiger charge is -2.09. The van der Waals surface area contributed by atoms with Gasteiger partial charge >= 0.3 is 0 Å². The minimum absolute atomic E-state index is 0.252. The van der Waals surface area contributed by atoms with Crippen LogP contribution in [0.25, 0.3) is 0 Å². The molecule has 0 saturated carbocycles. The summed E-state index contributed by atoms with van der Waals surface area (Å²) in [4.78, 5) is 0.570. The molecular weight excluding hydrogens is 312 g/mol. The van der Waals surface area contributed by atoms with Gasteiger partial charge in [-0.05, 0) is 24.3 Å². The summed E-state index contributed by atoms with van der Waals surface area (Å²) in [6, 6.07) is 11.9. The Morgan fingerprint density at radius 3 is 2.17 bits per heavy atom. The van der Waals surface area contributed by atoms with E-state index in [0.29, 0.717) is 33.3 Å². The van der Waals surface area contributed by atoms with Gasteiger partial charge < -0.3 is 9.47 Å². The zero-order valence-corrected chi connectivity index (χ0v) is 13.3. The average Bonchev–Trinajstić information content (AvgIpc) is 2.59. The van der Waals surface area contributed by atoms with Crippen molar-refractivity contribution in [2.75, 3.05) is 14.2 Å². The molecule has 0 unspecified atom stereocenters. The molecule has 23 heavy (non-hydrogen) atoms. The van der Waals surface area contributed by atoms with Crippen LogP contribution in [0.4, 0.5) is 11.4 Å². The minimum atomic E-state index is 0.252. The Morgan fingerprint density at radius 2 is 1.57 bits per heavy atom. The van der Waals surface area contributed by atoms with E-state index in [1.807, 2.05) is 12.1 Å². The maximum Gasteiger partial charge on any atom is 0.163 e. The van der Waals surface area contributed by atoms with Crippen LogP contribution in [-0.2, 0) is 0 Å². The molecule has 0 aliphatic rings. The molecule has 0 aromatic heterocycles. The van der Waals surface area contributed by atoms with Crippen molar-refractivity contribution in [2.45, 2.75) is 4.90 Å². The molecule has 2 rings (SSSR count). The molecule has 0 aliphatic heterocycles. The van der Waals surface area contributed by atoms with Crippen molar-refractivity contribution in [1.29, 1.82) is 10.5 Å². The molecule has 2 aromatic carbocycles. The fourth-order valence-electron chi connectivity index (χ4n) is 1.83. The summed E-state index contributed by atoms with van der Waals surface area (Å²) in [5.41, 5.74) is 1.51. The Hall–Kier alpha value is -3.03. The van der Waals surface area contributed by atoms with E-state index in [0.717, 1.165) is 0 Å². The zero-order chi connectivity index (χ0) is 16.8. The topological polar surface area (TPSA) is 90.8 Å². The highest BCUT2D eigenvalue weighted by Crippen LogP contribution is 2.37. The average molecular weight is 324 g/mol. The van der Waals surface area contributed by atoms with Gasteiger partial charge in [0, 0.05) is 11.0 Å². The molecule has 0 saturated heterocycles. The molecule has 0 amide bonds. The molecule has 7 heteroatoms. The molecule has 0 fully saturated rings. The third kappa shape index (κ3) is 3.60. The molecule has 0 heterocycles. The first-order valence-electron chi connectivity index (χ1n) is 6.44. The molecule has 0 radical (unpaired) electrons. The summed E-state index contributed by atoms with van der Waals surface area (Å²) in [7, 11) is 3.06. The normalized spacial score (nSPS) is 10.1. The highest BCUT2D eigenvalue weighted by molar-refractivity contribution is 7.80. The smallest absolute Gasteiger partial charge is 0.163 e. The number of hydrogen-bond donors (Lipinski definition) is 1. The number of nitrogens with zero attached hydrogens (tertiary/aromatic N) is 4. The van der Waals surface area contributed by atoms with Gasteiger partial charge in [-0.2, -0.15) is 15.6 Å². The summed E-state index contributed by atoms with van der Waals surface area (Å²) >= 11 is 4.34. The van der Waals surface area contributed by atoms with Crippen LogP contribution in [0, 0.1) is 22.7 Å². The largest absolute Gasteiger partial charge is 0.493 e. The van der Waals surface area contributed by atoms with E-state index in [1.54, 1.807) is 18.2 Å². The van der Waals surface area contributed by atoms with Crippen molar-refractivity contribution < 1.29 is 9.47 Å². The van der Waals surface area contributed by atoms with Crippen LogP contribution in [0.15, 0.2) is 45.5 Å². The summed E-state index contributed by atoms with van der Waals surface area (Å²) in [6.45, 7) is 0. The molecule has 6 nitrogen and oxygen atoms in total. The van der Waals surface area contributed by atoms with Crippen LogP contribution >= 0.6 is 12.6 Å². The molecule has 114 valence electrons. The van der Waals surface area contributed by atoms with Crippen molar-refractivity contribution in [3.63, 3.8) is 0 Å². The van der Waals surface area contributed by atoms with Crippen LogP contribution in [0.1, 0.15) is 11.1 Å². The van der Waals surface area contributed by atoms with Crippen molar-refractivity contribution in [3.05, 3.63) is 41.5 Å². The second-order valence-corrected chi connectivity index (χ2v) is 4.83. The molecule has 0 bridgehead atoms. The van der Waals surface area contributed by atoms with E-state index in [2.05, 4.69) is 22.9 Å². The Morgan fingerprint density at radius 1 is 0.913 bits per heavy atom.